The van der Waals surface area contributed by atoms with Crippen molar-refractivity contribution in [2.75, 3.05) is 31.7 Å². The second-order valence-electron chi connectivity index (χ2n) is 5.22. The van der Waals surface area contributed by atoms with Crippen LogP contribution < -0.4 is 10.6 Å². The van der Waals surface area contributed by atoms with Crippen LogP contribution in [0.1, 0.15) is 24.0 Å². The van der Waals surface area contributed by atoms with Crippen LogP contribution in [0.4, 0.5) is 5.69 Å². The van der Waals surface area contributed by atoms with Crippen molar-refractivity contribution in [2.24, 2.45) is 11.7 Å². The number of hydrogen-bond donors (Lipinski definition) is 1. The second-order valence-corrected chi connectivity index (χ2v) is 5.22. The molecule has 1 aromatic carbocycles. The molecule has 0 spiro atoms. The smallest absolute Gasteiger partial charge is 0.0491 e. The molecule has 0 bridgehead atoms. The summed E-state index contributed by atoms with van der Waals surface area (Å²) in [5, 5.41) is 0. The Morgan fingerprint density at radius 1 is 1.33 bits per heavy atom. The zero-order valence-electron chi connectivity index (χ0n) is 11.5. The summed E-state index contributed by atoms with van der Waals surface area (Å²) in [6, 6.07) is 6.60. The molecule has 3 nitrogen and oxygen atoms in total. The SMILES string of the molecule is COCC1CCN(c2ccc(C)cc2CN)CC1. The maximum Gasteiger partial charge on any atom is 0.0491 e. The third-order valence-electron chi connectivity index (χ3n) is 3.81. The monoisotopic (exact) mass is 248 g/mol. The van der Waals surface area contributed by atoms with Gasteiger partial charge in [-0.2, -0.15) is 0 Å². The van der Waals surface area contributed by atoms with E-state index in [4.69, 9.17) is 10.5 Å². The van der Waals surface area contributed by atoms with Crippen LogP contribution in [0.15, 0.2) is 18.2 Å². The summed E-state index contributed by atoms with van der Waals surface area (Å²) in [4.78, 5) is 2.47. The molecular weight excluding hydrogens is 224 g/mol. The van der Waals surface area contributed by atoms with E-state index >= 15 is 0 Å². The van der Waals surface area contributed by atoms with Crippen molar-refractivity contribution in [3.05, 3.63) is 29.3 Å². The lowest BCUT2D eigenvalue weighted by Crippen LogP contribution is -2.35. The zero-order valence-corrected chi connectivity index (χ0v) is 11.5. The lowest BCUT2D eigenvalue weighted by Gasteiger charge is -2.34. The fraction of sp³-hybridized carbons (Fsp3) is 0.600. The molecule has 0 saturated carbocycles. The molecule has 0 amide bonds. The second kappa shape index (κ2) is 6.21. The fourth-order valence-corrected chi connectivity index (χ4v) is 2.76. The molecule has 3 heteroatoms. The predicted molar refractivity (Wildman–Crippen MR) is 75.9 cm³/mol. The molecule has 1 aliphatic rings. The van der Waals surface area contributed by atoms with Crippen molar-refractivity contribution in [2.45, 2.75) is 26.3 Å². The van der Waals surface area contributed by atoms with Gasteiger partial charge in [0.05, 0.1) is 0 Å². The first kappa shape index (κ1) is 13.4. The van der Waals surface area contributed by atoms with Gasteiger partial charge in [0.15, 0.2) is 0 Å². The molecular formula is C15H24N2O. The molecule has 2 rings (SSSR count). The highest BCUT2D eigenvalue weighted by Gasteiger charge is 2.20. The van der Waals surface area contributed by atoms with Crippen LogP contribution in [-0.4, -0.2) is 26.8 Å². The van der Waals surface area contributed by atoms with Crippen LogP contribution >= 0.6 is 0 Å². The normalized spacial score (nSPS) is 17.2. The van der Waals surface area contributed by atoms with Crippen LogP contribution in [0, 0.1) is 12.8 Å². The highest BCUT2D eigenvalue weighted by Crippen LogP contribution is 2.27. The molecule has 0 radical (unpaired) electrons. The van der Waals surface area contributed by atoms with Crippen LogP contribution in [-0.2, 0) is 11.3 Å². The highest BCUT2D eigenvalue weighted by atomic mass is 16.5. The first-order valence-corrected chi connectivity index (χ1v) is 6.78. The number of nitrogens with zero attached hydrogens (tertiary/aromatic N) is 1. The molecule has 1 saturated heterocycles. The van der Waals surface area contributed by atoms with Crippen LogP contribution in [0.2, 0.25) is 0 Å². The van der Waals surface area contributed by atoms with Crippen LogP contribution in [0.5, 0.6) is 0 Å². The Morgan fingerprint density at radius 3 is 2.67 bits per heavy atom. The van der Waals surface area contributed by atoms with E-state index < -0.39 is 0 Å². The minimum atomic E-state index is 0.620. The Hall–Kier alpha value is -1.06. The van der Waals surface area contributed by atoms with Gasteiger partial charge in [-0.05, 0) is 37.3 Å². The van der Waals surface area contributed by atoms with Crippen molar-refractivity contribution in [1.29, 1.82) is 0 Å². The number of nitrogens with two attached hydrogens (primary N) is 1. The molecule has 0 atom stereocenters. The maximum atomic E-state index is 5.85. The van der Waals surface area contributed by atoms with Gasteiger partial charge >= 0.3 is 0 Å². The number of hydrogen-bond acceptors (Lipinski definition) is 3. The predicted octanol–water partition coefficient (Wildman–Crippen LogP) is 2.32. The van der Waals surface area contributed by atoms with Gasteiger partial charge < -0.3 is 15.4 Å². The van der Waals surface area contributed by atoms with Crippen molar-refractivity contribution < 1.29 is 4.74 Å². The van der Waals surface area contributed by atoms with Gasteiger partial charge in [-0.3, -0.25) is 0 Å². The number of piperidine rings is 1. The summed E-state index contributed by atoms with van der Waals surface area (Å²) < 4.78 is 5.24. The summed E-state index contributed by atoms with van der Waals surface area (Å²) in [6.07, 6.45) is 2.43. The summed E-state index contributed by atoms with van der Waals surface area (Å²) >= 11 is 0. The molecule has 1 fully saturated rings. The standard InChI is InChI=1S/C15H24N2O/c1-12-3-4-15(14(9-12)10-16)17-7-5-13(6-8-17)11-18-2/h3-4,9,13H,5-8,10-11,16H2,1-2H3. The van der Waals surface area contributed by atoms with E-state index in [1.54, 1.807) is 7.11 Å². The molecule has 18 heavy (non-hydrogen) atoms. The van der Waals surface area contributed by atoms with Gasteiger partial charge in [0.25, 0.3) is 0 Å². The molecule has 0 aliphatic carbocycles. The third kappa shape index (κ3) is 3.03. The number of anilines is 1. The lowest BCUT2D eigenvalue weighted by atomic mass is 9.96. The Morgan fingerprint density at radius 2 is 2.06 bits per heavy atom. The van der Waals surface area contributed by atoms with E-state index in [1.165, 1.54) is 29.7 Å². The van der Waals surface area contributed by atoms with Crippen LogP contribution in [0.25, 0.3) is 0 Å². The highest BCUT2D eigenvalue weighted by molar-refractivity contribution is 5.55. The quantitative estimate of drug-likeness (QED) is 0.888. The van der Waals surface area contributed by atoms with Crippen molar-refractivity contribution in [3.63, 3.8) is 0 Å². The Kier molecular flexibility index (Phi) is 4.61. The first-order valence-electron chi connectivity index (χ1n) is 6.78. The summed E-state index contributed by atoms with van der Waals surface area (Å²) in [5.74, 6) is 0.720. The summed E-state index contributed by atoms with van der Waals surface area (Å²) in [6.45, 7) is 5.86. The Labute approximate surface area is 110 Å². The van der Waals surface area contributed by atoms with Crippen molar-refractivity contribution in [1.82, 2.24) is 0 Å². The average Bonchev–Trinajstić information content (AvgIpc) is 2.40. The fourth-order valence-electron chi connectivity index (χ4n) is 2.76. The van der Waals surface area contributed by atoms with E-state index in [9.17, 15) is 0 Å². The largest absolute Gasteiger partial charge is 0.384 e. The molecule has 1 aromatic rings. The van der Waals surface area contributed by atoms with E-state index in [2.05, 4.69) is 30.0 Å². The van der Waals surface area contributed by atoms with Crippen LogP contribution in [0.3, 0.4) is 0 Å². The number of ether oxygens (including phenoxy) is 1. The van der Waals surface area contributed by atoms with E-state index in [0.717, 1.165) is 25.6 Å². The maximum absolute atomic E-state index is 5.85. The van der Waals surface area contributed by atoms with E-state index in [0.29, 0.717) is 6.54 Å². The van der Waals surface area contributed by atoms with Gasteiger partial charge in [-0.25, -0.2) is 0 Å². The summed E-state index contributed by atoms with van der Waals surface area (Å²) in [7, 11) is 1.79. The van der Waals surface area contributed by atoms with Gasteiger partial charge in [0.1, 0.15) is 0 Å². The lowest BCUT2D eigenvalue weighted by molar-refractivity contribution is 0.139. The van der Waals surface area contributed by atoms with Gasteiger partial charge in [-0.1, -0.05) is 17.7 Å². The van der Waals surface area contributed by atoms with E-state index in [-0.39, 0.29) is 0 Å². The molecule has 100 valence electrons. The minimum absolute atomic E-state index is 0.620. The minimum Gasteiger partial charge on any atom is -0.384 e. The average molecular weight is 248 g/mol. The molecule has 2 N–H and O–H groups in total. The zero-order chi connectivity index (χ0) is 13.0. The van der Waals surface area contributed by atoms with Gasteiger partial charge in [0, 0.05) is 39.0 Å². The Bertz CT molecular complexity index is 384. The van der Waals surface area contributed by atoms with Gasteiger partial charge in [-0.15, -0.1) is 0 Å². The first-order chi connectivity index (χ1) is 8.74. The molecule has 0 unspecified atom stereocenters. The molecule has 1 heterocycles. The Balaban J connectivity index is 2.05. The van der Waals surface area contributed by atoms with Crippen molar-refractivity contribution in [3.8, 4) is 0 Å². The topological polar surface area (TPSA) is 38.5 Å². The van der Waals surface area contributed by atoms with E-state index in [1.807, 2.05) is 0 Å². The van der Waals surface area contributed by atoms with Gasteiger partial charge in [0.2, 0.25) is 0 Å². The molecule has 1 aliphatic heterocycles. The summed E-state index contributed by atoms with van der Waals surface area (Å²) in [5.41, 5.74) is 9.72. The number of benzene rings is 1. The number of methoxy groups -OCH3 is 1. The number of rotatable bonds is 4. The van der Waals surface area contributed by atoms with Crippen molar-refractivity contribution >= 4 is 5.69 Å². The third-order valence-corrected chi connectivity index (χ3v) is 3.81. The number of aryl methyl sites for hydroxylation is 1. The molecule has 0 aromatic heterocycles.